The fraction of sp³-hybridized carbons (Fsp3) is 0.300. The molecule has 2 aromatic carbocycles. The van der Waals surface area contributed by atoms with Crippen LogP contribution in [0.2, 0.25) is 0 Å². The smallest absolute Gasteiger partial charge is 0.335 e. The third-order valence-corrected chi connectivity index (χ3v) is 4.57. The molecule has 2 aromatic rings. The molecule has 0 bridgehead atoms. The molecule has 0 atom stereocenters. The van der Waals surface area contributed by atoms with E-state index in [1.54, 1.807) is 4.90 Å². The third kappa shape index (κ3) is 4.11. The molecular formula is C20H20N2O6. The topological polar surface area (TPSA) is 110 Å². The highest BCUT2D eigenvalue weighted by atomic mass is 16.6. The summed E-state index contributed by atoms with van der Waals surface area (Å²) in [6.07, 6.45) is 1.55. The number of carbonyl (C=O) groups is 2. The molecule has 3 rings (SSSR count). The second kappa shape index (κ2) is 8.08. The summed E-state index contributed by atoms with van der Waals surface area (Å²) in [4.78, 5) is 36.0. The molecule has 0 saturated carbocycles. The van der Waals surface area contributed by atoms with Crippen molar-refractivity contribution in [3.8, 4) is 5.75 Å². The fourth-order valence-electron chi connectivity index (χ4n) is 3.16. The number of amides is 1. The van der Waals surface area contributed by atoms with Gasteiger partial charge in [0, 0.05) is 30.8 Å². The molecule has 1 aliphatic rings. The number of nitrogens with zero attached hydrogens (tertiary/aromatic N) is 2. The van der Waals surface area contributed by atoms with Gasteiger partial charge in [0.1, 0.15) is 5.75 Å². The van der Waals surface area contributed by atoms with Crippen LogP contribution >= 0.6 is 0 Å². The lowest BCUT2D eigenvalue weighted by Gasteiger charge is -2.29. The number of carbonyl (C=O) groups excluding carboxylic acids is 1. The summed E-state index contributed by atoms with van der Waals surface area (Å²) in [7, 11) is 0. The normalized spacial score (nSPS) is 13.0. The molecule has 28 heavy (non-hydrogen) atoms. The summed E-state index contributed by atoms with van der Waals surface area (Å²) in [5.41, 5.74) is 1.37. The fourth-order valence-corrected chi connectivity index (χ4v) is 3.16. The van der Waals surface area contributed by atoms with Gasteiger partial charge in [-0.2, -0.15) is 0 Å². The Morgan fingerprint density at radius 1 is 1.18 bits per heavy atom. The van der Waals surface area contributed by atoms with Crippen LogP contribution in [0.3, 0.4) is 0 Å². The lowest BCUT2D eigenvalue weighted by atomic mass is 9.98. The van der Waals surface area contributed by atoms with Crippen molar-refractivity contribution in [1.29, 1.82) is 0 Å². The van der Waals surface area contributed by atoms with Gasteiger partial charge in [0.2, 0.25) is 0 Å². The van der Waals surface area contributed by atoms with E-state index in [-0.39, 0.29) is 11.1 Å². The van der Waals surface area contributed by atoms with Gasteiger partial charge in [0.15, 0.2) is 0 Å². The molecule has 1 N–H and O–H groups in total. The Hall–Kier alpha value is -3.42. The van der Waals surface area contributed by atoms with E-state index in [2.05, 4.69) is 0 Å². The lowest BCUT2D eigenvalue weighted by Crippen LogP contribution is -2.36. The number of hydrogen-bond donors (Lipinski definition) is 1. The van der Waals surface area contributed by atoms with Crippen LogP contribution in [0.25, 0.3) is 0 Å². The van der Waals surface area contributed by atoms with Crippen LogP contribution in [0.4, 0.5) is 5.69 Å². The number of benzene rings is 2. The number of non-ortho nitro benzene ring substituents is 1. The standard InChI is InChI=1S/C20H20N2O6/c1-2-7-28-18-4-3-14-12-21(6-5-13(14)11-18)19(23)15-8-16(20(24)25)10-17(9-15)22(26)27/h3-4,8-11H,2,5-7,12H2,1H3,(H,24,25). The monoisotopic (exact) mass is 384 g/mol. The first-order valence-electron chi connectivity index (χ1n) is 8.95. The molecule has 0 aromatic heterocycles. The minimum absolute atomic E-state index is 0.00190. The van der Waals surface area contributed by atoms with E-state index >= 15 is 0 Å². The highest BCUT2D eigenvalue weighted by Gasteiger charge is 2.25. The van der Waals surface area contributed by atoms with Crippen molar-refractivity contribution in [2.45, 2.75) is 26.3 Å². The molecular weight excluding hydrogens is 364 g/mol. The number of carboxylic acids is 1. The summed E-state index contributed by atoms with van der Waals surface area (Å²) in [6.45, 7) is 3.47. The predicted molar refractivity (Wildman–Crippen MR) is 101 cm³/mol. The molecule has 1 aliphatic heterocycles. The molecule has 0 spiro atoms. The molecule has 1 heterocycles. The van der Waals surface area contributed by atoms with Crippen LogP contribution in [-0.4, -0.2) is 40.0 Å². The van der Waals surface area contributed by atoms with Crippen molar-refractivity contribution in [3.63, 3.8) is 0 Å². The first-order chi connectivity index (χ1) is 13.4. The van der Waals surface area contributed by atoms with E-state index in [0.29, 0.717) is 26.1 Å². The Morgan fingerprint density at radius 3 is 2.61 bits per heavy atom. The van der Waals surface area contributed by atoms with Crippen molar-refractivity contribution in [2.24, 2.45) is 0 Å². The van der Waals surface area contributed by atoms with Crippen LogP contribution in [0.15, 0.2) is 36.4 Å². The van der Waals surface area contributed by atoms with E-state index in [1.807, 2.05) is 25.1 Å². The Kier molecular flexibility index (Phi) is 5.58. The number of nitro benzene ring substituents is 1. The summed E-state index contributed by atoms with van der Waals surface area (Å²) in [5.74, 6) is -0.949. The van der Waals surface area contributed by atoms with E-state index in [1.165, 1.54) is 6.07 Å². The van der Waals surface area contributed by atoms with Gasteiger partial charge in [-0.05, 0) is 42.2 Å². The summed E-state index contributed by atoms with van der Waals surface area (Å²) < 4.78 is 5.64. The van der Waals surface area contributed by atoms with Crippen LogP contribution in [0.5, 0.6) is 5.75 Å². The Morgan fingerprint density at radius 2 is 1.93 bits per heavy atom. The highest BCUT2D eigenvalue weighted by molar-refractivity contribution is 5.98. The van der Waals surface area contributed by atoms with E-state index < -0.39 is 22.5 Å². The van der Waals surface area contributed by atoms with Gasteiger partial charge in [0.05, 0.1) is 17.1 Å². The maximum absolute atomic E-state index is 12.9. The Balaban J connectivity index is 1.83. The number of hydrogen-bond acceptors (Lipinski definition) is 5. The second-order valence-corrected chi connectivity index (χ2v) is 6.59. The number of ether oxygens (including phenoxy) is 1. The molecule has 0 aliphatic carbocycles. The molecule has 8 heteroatoms. The van der Waals surface area contributed by atoms with Crippen molar-refractivity contribution < 1.29 is 24.4 Å². The number of nitro groups is 1. The largest absolute Gasteiger partial charge is 0.494 e. The predicted octanol–water partition coefficient (Wildman–Crippen LogP) is 3.28. The molecule has 0 saturated heterocycles. The summed E-state index contributed by atoms with van der Waals surface area (Å²) >= 11 is 0. The average Bonchev–Trinajstić information content (AvgIpc) is 2.70. The van der Waals surface area contributed by atoms with Gasteiger partial charge in [-0.1, -0.05) is 13.0 Å². The van der Waals surface area contributed by atoms with Gasteiger partial charge >= 0.3 is 5.97 Å². The van der Waals surface area contributed by atoms with Crippen molar-refractivity contribution in [2.75, 3.05) is 13.2 Å². The first-order valence-corrected chi connectivity index (χ1v) is 8.95. The summed E-state index contributed by atoms with van der Waals surface area (Å²) in [6, 6.07) is 8.99. The maximum atomic E-state index is 12.9. The van der Waals surface area contributed by atoms with Crippen LogP contribution in [0.1, 0.15) is 45.2 Å². The average molecular weight is 384 g/mol. The number of rotatable bonds is 6. The van der Waals surface area contributed by atoms with Crippen molar-refractivity contribution >= 4 is 17.6 Å². The molecule has 0 radical (unpaired) electrons. The Labute approximate surface area is 161 Å². The van der Waals surface area contributed by atoms with Gasteiger partial charge < -0.3 is 14.7 Å². The van der Waals surface area contributed by atoms with Crippen LogP contribution in [0, 0.1) is 10.1 Å². The van der Waals surface area contributed by atoms with Gasteiger partial charge in [-0.25, -0.2) is 4.79 Å². The van der Waals surface area contributed by atoms with E-state index in [9.17, 15) is 19.7 Å². The molecule has 8 nitrogen and oxygen atoms in total. The minimum atomic E-state index is -1.32. The molecule has 0 unspecified atom stereocenters. The molecule has 1 amide bonds. The van der Waals surface area contributed by atoms with Crippen molar-refractivity contribution in [1.82, 2.24) is 4.90 Å². The third-order valence-electron chi connectivity index (χ3n) is 4.57. The van der Waals surface area contributed by atoms with Crippen molar-refractivity contribution in [3.05, 3.63) is 68.8 Å². The zero-order valence-corrected chi connectivity index (χ0v) is 15.4. The van der Waals surface area contributed by atoms with Crippen LogP contribution in [-0.2, 0) is 13.0 Å². The first kappa shape index (κ1) is 19.3. The SMILES string of the molecule is CCCOc1ccc2c(c1)CCN(C(=O)c1cc(C(=O)O)cc([N+](=O)[O-])c1)C2. The number of aromatic carboxylic acids is 1. The van der Waals surface area contributed by atoms with Crippen LogP contribution < -0.4 is 4.74 Å². The van der Waals surface area contributed by atoms with E-state index in [0.717, 1.165) is 35.4 Å². The van der Waals surface area contributed by atoms with Gasteiger partial charge in [-0.15, -0.1) is 0 Å². The summed E-state index contributed by atoms with van der Waals surface area (Å²) in [5, 5.41) is 20.2. The Bertz CT molecular complexity index is 908. The zero-order chi connectivity index (χ0) is 20.3. The van der Waals surface area contributed by atoms with Gasteiger partial charge in [-0.3, -0.25) is 14.9 Å². The highest BCUT2D eigenvalue weighted by Crippen LogP contribution is 2.26. The lowest BCUT2D eigenvalue weighted by molar-refractivity contribution is -0.384. The number of carboxylic acid groups (broad SMARTS) is 1. The molecule has 0 fully saturated rings. The zero-order valence-electron chi connectivity index (χ0n) is 15.4. The minimum Gasteiger partial charge on any atom is -0.494 e. The quantitative estimate of drug-likeness (QED) is 0.604. The number of fused-ring (bicyclic) bond motifs is 1. The molecule has 146 valence electrons. The maximum Gasteiger partial charge on any atom is 0.335 e. The van der Waals surface area contributed by atoms with Gasteiger partial charge in [0.25, 0.3) is 11.6 Å². The second-order valence-electron chi connectivity index (χ2n) is 6.59. The van der Waals surface area contributed by atoms with E-state index in [4.69, 9.17) is 9.84 Å².